The Morgan fingerprint density at radius 2 is 2.04 bits per heavy atom. The molecule has 4 aromatic rings. The fourth-order valence-electron chi connectivity index (χ4n) is 2.76. The number of aryl methyl sites for hydroxylation is 1. The molecule has 0 atom stereocenters. The summed E-state index contributed by atoms with van der Waals surface area (Å²) in [6.07, 6.45) is 1.69. The zero-order valence-electron chi connectivity index (χ0n) is 15.4. The number of rotatable bonds is 7. The lowest BCUT2D eigenvalue weighted by atomic mass is 10.3. The molecule has 0 aliphatic carbocycles. The molecule has 0 fully saturated rings. The second kappa shape index (κ2) is 8.28. The monoisotopic (exact) mass is 415 g/mol. The Bertz CT molecular complexity index is 1100. The number of ether oxygens (including phenoxy) is 1. The summed E-state index contributed by atoms with van der Waals surface area (Å²) in [5.74, 6) is 2.17. The van der Waals surface area contributed by atoms with Crippen molar-refractivity contribution in [1.29, 1.82) is 0 Å². The van der Waals surface area contributed by atoms with Gasteiger partial charge in [-0.25, -0.2) is 9.37 Å². The van der Waals surface area contributed by atoms with Gasteiger partial charge in [0.1, 0.15) is 5.76 Å². The molecule has 0 aliphatic rings. The molecule has 28 heavy (non-hydrogen) atoms. The number of fused-ring (bicyclic) bond motifs is 1. The first-order valence-electron chi connectivity index (χ1n) is 8.59. The van der Waals surface area contributed by atoms with Crippen LogP contribution in [0.15, 0.2) is 57.1 Å². The number of methoxy groups -OCH3 is 1. The molecule has 0 saturated carbocycles. The number of hydrogen-bond acceptors (Lipinski definition) is 6. The zero-order valence-corrected chi connectivity index (χ0v) is 17.0. The molecule has 0 bridgehead atoms. The van der Waals surface area contributed by atoms with Crippen molar-refractivity contribution in [2.75, 3.05) is 7.11 Å². The van der Waals surface area contributed by atoms with Crippen molar-refractivity contribution in [3.05, 3.63) is 65.6 Å². The van der Waals surface area contributed by atoms with Gasteiger partial charge in [0.2, 0.25) is 0 Å². The summed E-state index contributed by atoms with van der Waals surface area (Å²) in [4.78, 5) is 13.4. The second-order valence-corrected chi connectivity index (χ2v) is 8.15. The van der Waals surface area contributed by atoms with E-state index in [0.29, 0.717) is 16.8 Å². The molecule has 0 saturated heterocycles. The Labute approximate surface area is 170 Å². The van der Waals surface area contributed by atoms with Crippen LogP contribution in [0, 0.1) is 12.7 Å². The van der Waals surface area contributed by atoms with Crippen LogP contribution in [0.3, 0.4) is 0 Å². The Kier molecular flexibility index (Phi) is 5.59. The van der Waals surface area contributed by atoms with Gasteiger partial charge in [0.05, 0.1) is 35.9 Å². The van der Waals surface area contributed by atoms with Crippen molar-refractivity contribution in [2.45, 2.75) is 28.5 Å². The molecule has 0 unspecified atom stereocenters. The van der Waals surface area contributed by atoms with Crippen LogP contribution in [-0.4, -0.2) is 22.1 Å². The number of aromatic nitrogens is 3. The topological polar surface area (TPSA) is 63.9 Å². The van der Waals surface area contributed by atoms with Gasteiger partial charge in [0.25, 0.3) is 0 Å². The van der Waals surface area contributed by atoms with Crippen LogP contribution in [0.2, 0.25) is 0 Å². The third kappa shape index (κ3) is 4.34. The number of nitrogens with zero attached hydrogens (tertiary/aromatic N) is 2. The third-order valence-electron chi connectivity index (χ3n) is 4.03. The zero-order chi connectivity index (χ0) is 19.5. The first-order chi connectivity index (χ1) is 13.6. The largest absolute Gasteiger partial charge is 0.494 e. The fraction of sp³-hybridized carbons (Fsp3) is 0.200. The average molecular weight is 416 g/mol. The van der Waals surface area contributed by atoms with Crippen molar-refractivity contribution < 1.29 is 13.5 Å². The number of imidazole rings is 1. The minimum atomic E-state index is -0.409. The highest BCUT2D eigenvalue weighted by atomic mass is 32.2. The van der Waals surface area contributed by atoms with Gasteiger partial charge < -0.3 is 14.1 Å². The SMILES string of the molecule is COc1cc2nc(SCc3cc(SCc4ccco4)cc(C)n3)[nH]c2cc1F. The lowest BCUT2D eigenvalue weighted by Crippen LogP contribution is -1.92. The van der Waals surface area contributed by atoms with E-state index in [1.165, 1.54) is 24.9 Å². The summed E-state index contributed by atoms with van der Waals surface area (Å²) < 4.78 is 24.2. The third-order valence-corrected chi connectivity index (χ3v) is 5.94. The molecule has 1 N–H and O–H groups in total. The lowest BCUT2D eigenvalue weighted by molar-refractivity contribution is 0.387. The molecule has 3 aromatic heterocycles. The Morgan fingerprint density at radius 3 is 2.82 bits per heavy atom. The summed E-state index contributed by atoms with van der Waals surface area (Å²) >= 11 is 3.25. The smallest absolute Gasteiger partial charge is 0.167 e. The maximum absolute atomic E-state index is 13.8. The lowest BCUT2D eigenvalue weighted by Gasteiger charge is -2.05. The number of nitrogens with one attached hydrogen (secondary N) is 1. The van der Waals surface area contributed by atoms with Crippen LogP contribution in [0.5, 0.6) is 5.75 Å². The molecule has 0 spiro atoms. The highest BCUT2D eigenvalue weighted by molar-refractivity contribution is 7.98. The number of pyridine rings is 1. The fourth-order valence-corrected chi connectivity index (χ4v) is 4.49. The normalized spacial score (nSPS) is 11.2. The molecule has 0 amide bonds. The number of H-pyrrole nitrogens is 1. The van der Waals surface area contributed by atoms with Gasteiger partial charge in [0, 0.05) is 28.5 Å². The molecule has 8 heteroatoms. The van der Waals surface area contributed by atoms with Gasteiger partial charge in [-0.15, -0.1) is 11.8 Å². The number of aromatic amines is 1. The van der Waals surface area contributed by atoms with E-state index in [9.17, 15) is 4.39 Å². The summed E-state index contributed by atoms with van der Waals surface area (Å²) in [7, 11) is 1.44. The standard InChI is InChI=1S/C20H18FN3O2S2/c1-12-6-15(27-11-14-4-3-5-26-14)7-13(22-12)10-28-20-23-17-8-16(21)19(25-2)9-18(17)24-20/h3-9H,10-11H2,1-2H3,(H,23,24). The summed E-state index contributed by atoms with van der Waals surface area (Å²) in [5, 5.41) is 0.718. The van der Waals surface area contributed by atoms with E-state index in [2.05, 4.69) is 27.1 Å². The Balaban J connectivity index is 1.46. The van der Waals surface area contributed by atoms with Crippen LogP contribution in [0.4, 0.5) is 4.39 Å². The van der Waals surface area contributed by atoms with Crippen molar-refractivity contribution in [3.8, 4) is 5.75 Å². The van der Waals surface area contributed by atoms with Gasteiger partial charge >= 0.3 is 0 Å². The van der Waals surface area contributed by atoms with Crippen molar-refractivity contribution in [3.63, 3.8) is 0 Å². The molecular weight excluding hydrogens is 397 g/mol. The molecule has 4 rings (SSSR count). The van der Waals surface area contributed by atoms with Gasteiger partial charge in [0.15, 0.2) is 16.7 Å². The van der Waals surface area contributed by atoms with Crippen molar-refractivity contribution >= 4 is 34.6 Å². The first-order valence-corrected chi connectivity index (χ1v) is 10.6. The maximum Gasteiger partial charge on any atom is 0.167 e. The summed E-state index contributed by atoms with van der Waals surface area (Å²) in [5.41, 5.74) is 3.26. The molecular formula is C20H18FN3O2S2. The first kappa shape index (κ1) is 18.9. The molecule has 144 valence electrons. The Hall–Kier alpha value is -2.45. The van der Waals surface area contributed by atoms with Crippen LogP contribution < -0.4 is 4.74 Å². The summed E-state index contributed by atoms with van der Waals surface area (Å²) in [6.45, 7) is 1.99. The summed E-state index contributed by atoms with van der Waals surface area (Å²) in [6, 6.07) is 11.0. The van der Waals surface area contributed by atoms with Gasteiger partial charge in [-0.05, 0) is 31.2 Å². The van der Waals surface area contributed by atoms with E-state index in [-0.39, 0.29) is 5.75 Å². The van der Waals surface area contributed by atoms with Crippen LogP contribution in [0.1, 0.15) is 17.1 Å². The van der Waals surface area contributed by atoms with Crippen molar-refractivity contribution in [2.24, 2.45) is 0 Å². The predicted molar refractivity (Wildman–Crippen MR) is 109 cm³/mol. The van der Waals surface area contributed by atoms with Crippen LogP contribution >= 0.6 is 23.5 Å². The minimum Gasteiger partial charge on any atom is -0.494 e. The minimum absolute atomic E-state index is 0.189. The van der Waals surface area contributed by atoms with E-state index in [0.717, 1.165) is 33.0 Å². The van der Waals surface area contributed by atoms with Crippen molar-refractivity contribution in [1.82, 2.24) is 15.0 Å². The highest BCUT2D eigenvalue weighted by Gasteiger charge is 2.11. The van der Waals surface area contributed by atoms with E-state index in [4.69, 9.17) is 9.15 Å². The van der Waals surface area contributed by atoms with E-state index in [1.54, 1.807) is 24.1 Å². The second-order valence-electron chi connectivity index (χ2n) is 6.14. The van der Waals surface area contributed by atoms with E-state index in [1.807, 2.05) is 19.1 Å². The number of hydrogen-bond donors (Lipinski definition) is 1. The maximum atomic E-state index is 13.8. The average Bonchev–Trinajstić information content (AvgIpc) is 3.33. The highest BCUT2D eigenvalue weighted by Crippen LogP contribution is 2.29. The molecule has 5 nitrogen and oxygen atoms in total. The quantitative estimate of drug-likeness (QED) is 0.397. The van der Waals surface area contributed by atoms with E-state index < -0.39 is 5.82 Å². The number of furan rings is 1. The van der Waals surface area contributed by atoms with Gasteiger partial charge in [-0.3, -0.25) is 4.98 Å². The predicted octanol–water partition coefficient (Wildman–Crippen LogP) is 5.59. The number of halogens is 1. The molecule has 3 heterocycles. The van der Waals surface area contributed by atoms with Gasteiger partial charge in [-0.1, -0.05) is 11.8 Å². The number of thioether (sulfide) groups is 2. The van der Waals surface area contributed by atoms with E-state index >= 15 is 0 Å². The Morgan fingerprint density at radius 1 is 1.14 bits per heavy atom. The van der Waals surface area contributed by atoms with Gasteiger partial charge in [-0.2, -0.15) is 0 Å². The van der Waals surface area contributed by atoms with Crippen LogP contribution in [0.25, 0.3) is 11.0 Å². The molecule has 1 aromatic carbocycles. The molecule has 0 aliphatic heterocycles. The number of benzene rings is 1. The molecule has 0 radical (unpaired) electrons. The van der Waals surface area contributed by atoms with Crippen LogP contribution in [-0.2, 0) is 11.5 Å².